The van der Waals surface area contributed by atoms with Crippen LogP contribution in [-0.2, 0) is 22.6 Å². The van der Waals surface area contributed by atoms with Crippen LogP contribution in [0, 0.1) is 0 Å². The van der Waals surface area contributed by atoms with Crippen LogP contribution in [0.5, 0.6) is 5.75 Å². The molecule has 2 aromatic carbocycles. The van der Waals surface area contributed by atoms with E-state index in [2.05, 4.69) is 5.32 Å². The van der Waals surface area contributed by atoms with Crippen LogP contribution in [-0.4, -0.2) is 59.8 Å². The van der Waals surface area contributed by atoms with E-state index in [0.29, 0.717) is 39.5 Å². The molecule has 1 atom stereocenters. The van der Waals surface area contributed by atoms with Gasteiger partial charge in [-0.3, -0.25) is 0 Å². The lowest BCUT2D eigenvalue weighted by Gasteiger charge is -2.33. The van der Waals surface area contributed by atoms with E-state index in [0.717, 1.165) is 54.7 Å². The minimum absolute atomic E-state index is 0.360. The molecule has 0 fully saturated rings. The van der Waals surface area contributed by atoms with Crippen molar-refractivity contribution in [2.45, 2.75) is 64.6 Å². The maximum Gasteiger partial charge on any atom is 0.407 e. The summed E-state index contributed by atoms with van der Waals surface area (Å²) < 4.78 is 17.1. The molecule has 1 unspecified atom stereocenters. The highest BCUT2D eigenvalue weighted by molar-refractivity contribution is 5.65. The highest BCUT2D eigenvalue weighted by Crippen LogP contribution is 2.32. The predicted octanol–water partition coefficient (Wildman–Crippen LogP) is 4.71. The molecular formula is C28H40N2O6. The molecule has 0 aromatic heterocycles. The van der Waals surface area contributed by atoms with E-state index in [9.17, 15) is 15.0 Å². The minimum Gasteiger partial charge on any atom is -0.465 e. The summed E-state index contributed by atoms with van der Waals surface area (Å²) in [6, 6.07) is 15.3. The molecule has 0 spiro atoms. The number of rotatable bonds is 15. The van der Waals surface area contributed by atoms with Gasteiger partial charge in [0.15, 0.2) is 0 Å². The van der Waals surface area contributed by atoms with Crippen molar-refractivity contribution < 1.29 is 29.2 Å². The number of hydrogen-bond acceptors (Lipinski definition) is 6. The monoisotopic (exact) mass is 500 g/mol. The van der Waals surface area contributed by atoms with Gasteiger partial charge in [-0.1, -0.05) is 49.2 Å². The number of carbonyl (C=O) groups is 1. The van der Waals surface area contributed by atoms with Gasteiger partial charge in [0.05, 0.1) is 19.3 Å². The number of ether oxygens (including phenoxy) is 3. The maximum absolute atomic E-state index is 11.4. The topological polar surface area (TPSA) is 100 Å². The van der Waals surface area contributed by atoms with E-state index in [1.54, 1.807) is 0 Å². The van der Waals surface area contributed by atoms with Crippen molar-refractivity contribution in [3.63, 3.8) is 0 Å². The molecule has 198 valence electrons. The molecule has 0 radical (unpaired) electrons. The van der Waals surface area contributed by atoms with Gasteiger partial charge in [-0.2, -0.15) is 0 Å². The zero-order valence-corrected chi connectivity index (χ0v) is 21.4. The number of carboxylic acid groups (broad SMARTS) is 1. The number of aliphatic hydroxyl groups is 1. The first kappa shape index (κ1) is 27.9. The van der Waals surface area contributed by atoms with Gasteiger partial charge in [0.2, 0.25) is 5.79 Å². The van der Waals surface area contributed by atoms with Crippen molar-refractivity contribution in [2.75, 3.05) is 32.8 Å². The second-order valence-electron chi connectivity index (χ2n) is 9.59. The highest BCUT2D eigenvalue weighted by atomic mass is 16.7. The fraction of sp³-hybridized carbons (Fsp3) is 0.536. The second-order valence-corrected chi connectivity index (χ2v) is 9.59. The van der Waals surface area contributed by atoms with Crippen LogP contribution in [0.2, 0.25) is 0 Å². The van der Waals surface area contributed by atoms with Crippen molar-refractivity contribution in [1.29, 1.82) is 0 Å². The van der Waals surface area contributed by atoms with Crippen molar-refractivity contribution >= 4 is 6.09 Å². The third kappa shape index (κ3) is 9.43. The summed E-state index contributed by atoms with van der Waals surface area (Å²) in [5, 5.41) is 23.2. The van der Waals surface area contributed by atoms with Crippen molar-refractivity contribution in [3.8, 4) is 5.75 Å². The lowest BCUT2D eigenvalue weighted by atomic mass is 10.0. The Morgan fingerprint density at radius 1 is 1.11 bits per heavy atom. The Morgan fingerprint density at radius 2 is 1.89 bits per heavy atom. The highest BCUT2D eigenvalue weighted by Gasteiger charge is 2.27. The molecule has 8 heteroatoms. The number of nitrogens with zero attached hydrogens (tertiary/aromatic N) is 1. The lowest BCUT2D eigenvalue weighted by molar-refractivity contribution is -0.180. The van der Waals surface area contributed by atoms with Crippen molar-refractivity contribution in [2.24, 2.45) is 0 Å². The fourth-order valence-corrected chi connectivity index (χ4v) is 4.05. The van der Waals surface area contributed by atoms with E-state index >= 15 is 0 Å². The van der Waals surface area contributed by atoms with Gasteiger partial charge < -0.3 is 34.6 Å². The zero-order chi connectivity index (χ0) is 25.8. The third-order valence-electron chi connectivity index (χ3n) is 6.12. The molecule has 0 bridgehead atoms. The average Bonchev–Trinajstić information content (AvgIpc) is 2.86. The Bertz CT molecular complexity index is 937. The molecule has 0 aliphatic carbocycles. The number of nitrogens with one attached hydrogen (secondary N) is 1. The van der Waals surface area contributed by atoms with E-state index in [-0.39, 0.29) is 0 Å². The number of benzene rings is 2. The number of fused-ring (bicyclic) bond motifs is 1. The molecule has 1 amide bonds. The number of unbranched alkanes of at least 4 members (excludes halogenated alkanes) is 3. The third-order valence-corrected chi connectivity index (χ3v) is 6.12. The molecule has 36 heavy (non-hydrogen) atoms. The molecular weight excluding hydrogens is 460 g/mol. The quantitative estimate of drug-likeness (QED) is 0.305. The van der Waals surface area contributed by atoms with Gasteiger partial charge >= 0.3 is 6.09 Å². The van der Waals surface area contributed by atoms with Crippen LogP contribution in [0.1, 0.15) is 62.3 Å². The summed E-state index contributed by atoms with van der Waals surface area (Å²) in [5.74, 6) is 0.191. The Hall–Kier alpha value is -2.65. The molecule has 0 saturated carbocycles. The van der Waals surface area contributed by atoms with Crippen LogP contribution < -0.4 is 10.1 Å². The van der Waals surface area contributed by atoms with Gasteiger partial charge in [-0.05, 0) is 42.6 Å². The van der Waals surface area contributed by atoms with Gasteiger partial charge in [-0.25, -0.2) is 4.79 Å². The summed E-state index contributed by atoms with van der Waals surface area (Å²) >= 11 is 0. The van der Waals surface area contributed by atoms with E-state index in [1.165, 1.54) is 4.90 Å². The number of aliphatic hydroxyl groups excluding tert-OH is 1. The van der Waals surface area contributed by atoms with Gasteiger partial charge in [0.25, 0.3) is 0 Å². The smallest absolute Gasteiger partial charge is 0.407 e. The minimum atomic E-state index is -0.932. The molecule has 1 heterocycles. The molecule has 0 saturated heterocycles. The first-order chi connectivity index (χ1) is 17.3. The summed E-state index contributed by atoms with van der Waals surface area (Å²) in [6.07, 6.45) is 2.59. The summed E-state index contributed by atoms with van der Waals surface area (Å²) in [6.45, 7) is 7.36. The lowest BCUT2D eigenvalue weighted by Crippen LogP contribution is -2.35. The summed E-state index contributed by atoms with van der Waals surface area (Å²) in [7, 11) is 0. The largest absolute Gasteiger partial charge is 0.465 e. The van der Waals surface area contributed by atoms with E-state index < -0.39 is 18.0 Å². The van der Waals surface area contributed by atoms with Crippen molar-refractivity contribution in [3.05, 3.63) is 65.2 Å². The predicted molar refractivity (Wildman–Crippen MR) is 138 cm³/mol. The van der Waals surface area contributed by atoms with Crippen LogP contribution in [0.25, 0.3) is 0 Å². The van der Waals surface area contributed by atoms with Crippen LogP contribution in [0.4, 0.5) is 4.79 Å². The normalized spacial score (nSPS) is 15.1. The Morgan fingerprint density at radius 3 is 2.67 bits per heavy atom. The first-order valence-corrected chi connectivity index (χ1v) is 12.8. The molecule has 1 aliphatic heterocycles. The van der Waals surface area contributed by atoms with Crippen LogP contribution >= 0.6 is 0 Å². The van der Waals surface area contributed by atoms with E-state index in [1.807, 2.05) is 62.4 Å². The summed E-state index contributed by atoms with van der Waals surface area (Å²) in [4.78, 5) is 12.8. The fourth-order valence-electron chi connectivity index (χ4n) is 4.05. The number of hydrogen-bond donors (Lipinski definition) is 3. The Labute approximate surface area is 214 Å². The average molecular weight is 501 g/mol. The zero-order valence-electron chi connectivity index (χ0n) is 21.4. The number of amides is 1. The SMILES string of the molecule is CC1(C)OCc2cc(C(O)CNCCCCCCOCCN(Cc3ccccc3)C(=O)O)ccc2O1. The molecule has 3 N–H and O–H groups in total. The summed E-state index contributed by atoms with van der Waals surface area (Å²) in [5.41, 5.74) is 2.78. The molecule has 8 nitrogen and oxygen atoms in total. The first-order valence-electron chi connectivity index (χ1n) is 12.8. The molecule has 1 aliphatic rings. The van der Waals surface area contributed by atoms with Gasteiger partial charge in [0.1, 0.15) is 5.75 Å². The van der Waals surface area contributed by atoms with E-state index in [4.69, 9.17) is 14.2 Å². The molecule has 2 aromatic rings. The Balaban J connectivity index is 1.20. The second kappa shape index (κ2) is 14.2. The van der Waals surface area contributed by atoms with Crippen LogP contribution in [0.3, 0.4) is 0 Å². The van der Waals surface area contributed by atoms with Crippen LogP contribution in [0.15, 0.2) is 48.5 Å². The maximum atomic E-state index is 11.4. The van der Waals surface area contributed by atoms with Crippen molar-refractivity contribution in [1.82, 2.24) is 10.2 Å². The van der Waals surface area contributed by atoms with Gasteiger partial charge in [0, 0.05) is 45.7 Å². The standard InChI is InChI=1S/C28H40N2O6/c1-28(2)35-21-24-18-23(12-13-26(24)36-28)25(31)19-29-14-8-3-4-9-16-34-17-15-30(27(32)33)20-22-10-6-5-7-11-22/h5-7,10-13,18,25,29,31H,3-4,8-9,14-17,19-21H2,1-2H3,(H,32,33). The Kier molecular flexibility index (Phi) is 11.0. The molecule has 3 rings (SSSR count). The van der Waals surface area contributed by atoms with Gasteiger partial charge in [-0.15, -0.1) is 0 Å².